The molecule has 1 saturated heterocycles. The van der Waals surface area contributed by atoms with Gasteiger partial charge in [-0.15, -0.1) is 0 Å². The Bertz CT molecular complexity index is 912. The quantitative estimate of drug-likeness (QED) is 0.317. The lowest BCUT2D eigenvalue weighted by Gasteiger charge is -2.33. The topological polar surface area (TPSA) is 107 Å². The fourth-order valence-electron chi connectivity index (χ4n) is 4.20. The van der Waals surface area contributed by atoms with Crippen LogP contribution in [-0.4, -0.2) is 59.9 Å². The lowest BCUT2D eigenvalue weighted by molar-refractivity contribution is 0.159. The van der Waals surface area contributed by atoms with E-state index in [1.54, 1.807) is 11.7 Å². The minimum absolute atomic E-state index is 0.391. The summed E-state index contributed by atoms with van der Waals surface area (Å²) in [6, 6.07) is 12.6. The molecule has 1 fully saturated rings. The van der Waals surface area contributed by atoms with Gasteiger partial charge in [-0.05, 0) is 57.7 Å². The molecule has 1 aromatic carbocycles. The second kappa shape index (κ2) is 12.1. The largest absolute Gasteiger partial charge is 0.382 e. The smallest absolute Gasteiger partial charge is 0.190 e. The Balaban J connectivity index is 1.41. The standard InChI is InChI=1S/C24H36N8/c1-19-10-6-7-16-31(19)17-9-15-29-24(27-2)28-14-8-13-22-21(18-25)23(26)32(30-22)20-11-4-3-5-12-20/h3-5,11-12,19H,6-10,13-17,26H2,1-2H3,(H2,27,28,29). The number of guanidine groups is 1. The molecule has 1 aromatic heterocycles. The lowest BCUT2D eigenvalue weighted by atomic mass is 10.0. The van der Waals surface area contributed by atoms with Crippen molar-refractivity contribution < 1.29 is 0 Å². The summed E-state index contributed by atoms with van der Waals surface area (Å²) in [4.78, 5) is 6.90. The molecule has 0 amide bonds. The molecule has 172 valence electrons. The SMILES string of the molecule is CN=C(NCCCc1nn(-c2ccccc2)c(N)c1C#N)NCCCN1CCCCC1C. The highest BCUT2D eigenvalue weighted by Crippen LogP contribution is 2.21. The summed E-state index contributed by atoms with van der Waals surface area (Å²) in [5, 5.41) is 20.9. The predicted octanol–water partition coefficient (Wildman–Crippen LogP) is 2.69. The number of likely N-dealkylation sites (tertiary alicyclic amines) is 1. The zero-order valence-electron chi connectivity index (χ0n) is 19.3. The molecule has 32 heavy (non-hydrogen) atoms. The zero-order chi connectivity index (χ0) is 22.8. The fourth-order valence-corrected chi connectivity index (χ4v) is 4.20. The van der Waals surface area contributed by atoms with Crippen LogP contribution < -0.4 is 16.4 Å². The molecule has 2 heterocycles. The summed E-state index contributed by atoms with van der Waals surface area (Å²) in [6.45, 7) is 6.34. The van der Waals surface area contributed by atoms with E-state index in [4.69, 9.17) is 5.73 Å². The third kappa shape index (κ3) is 6.24. The van der Waals surface area contributed by atoms with E-state index in [9.17, 15) is 5.26 Å². The number of nitrogens with one attached hydrogen (secondary N) is 2. The van der Waals surface area contributed by atoms with E-state index in [0.717, 1.165) is 49.8 Å². The molecule has 1 atom stereocenters. The number of nitriles is 1. The van der Waals surface area contributed by atoms with Crippen LogP contribution in [0.4, 0.5) is 5.82 Å². The van der Waals surface area contributed by atoms with Crippen LogP contribution in [0, 0.1) is 11.3 Å². The summed E-state index contributed by atoms with van der Waals surface area (Å²) < 4.78 is 1.64. The summed E-state index contributed by atoms with van der Waals surface area (Å²) in [7, 11) is 1.79. The van der Waals surface area contributed by atoms with Gasteiger partial charge in [0.25, 0.3) is 0 Å². The molecule has 8 heteroatoms. The number of nitrogens with zero attached hydrogens (tertiary/aromatic N) is 5. The number of aliphatic imine (C=N–C) groups is 1. The summed E-state index contributed by atoms with van der Waals surface area (Å²) in [5.41, 5.74) is 8.23. The first-order valence-electron chi connectivity index (χ1n) is 11.7. The average Bonchev–Trinajstić information content (AvgIpc) is 3.14. The first-order chi connectivity index (χ1) is 15.6. The van der Waals surface area contributed by atoms with Gasteiger partial charge in [-0.2, -0.15) is 10.4 Å². The maximum absolute atomic E-state index is 9.54. The molecule has 1 aliphatic rings. The second-order valence-corrected chi connectivity index (χ2v) is 8.33. The zero-order valence-corrected chi connectivity index (χ0v) is 19.3. The van der Waals surface area contributed by atoms with Crippen LogP contribution in [0.1, 0.15) is 50.3 Å². The lowest BCUT2D eigenvalue weighted by Crippen LogP contribution is -2.41. The van der Waals surface area contributed by atoms with E-state index in [1.165, 1.54) is 25.8 Å². The van der Waals surface area contributed by atoms with Crippen LogP contribution in [0.5, 0.6) is 0 Å². The number of aromatic nitrogens is 2. The van der Waals surface area contributed by atoms with Crippen molar-refractivity contribution in [2.75, 3.05) is 39.0 Å². The van der Waals surface area contributed by atoms with Gasteiger partial charge >= 0.3 is 0 Å². The van der Waals surface area contributed by atoms with Crippen LogP contribution in [0.3, 0.4) is 0 Å². The number of rotatable bonds is 9. The fraction of sp³-hybridized carbons (Fsp3) is 0.542. The first kappa shape index (κ1) is 23.6. The molecule has 2 aromatic rings. The van der Waals surface area contributed by atoms with Crippen LogP contribution in [0.15, 0.2) is 35.3 Å². The molecule has 0 saturated carbocycles. The van der Waals surface area contributed by atoms with Crippen molar-refractivity contribution in [2.24, 2.45) is 4.99 Å². The Morgan fingerprint density at radius 1 is 1.22 bits per heavy atom. The summed E-state index contributed by atoms with van der Waals surface area (Å²) in [5.74, 6) is 1.20. The number of piperidine rings is 1. The van der Waals surface area contributed by atoms with Gasteiger partial charge in [-0.1, -0.05) is 24.6 Å². The molecule has 1 aliphatic heterocycles. The van der Waals surface area contributed by atoms with E-state index >= 15 is 0 Å². The van der Waals surface area contributed by atoms with E-state index in [-0.39, 0.29) is 0 Å². The number of benzene rings is 1. The normalized spacial score (nSPS) is 17.2. The van der Waals surface area contributed by atoms with Crippen molar-refractivity contribution in [3.63, 3.8) is 0 Å². The Labute approximate surface area is 191 Å². The number of para-hydroxylation sites is 1. The van der Waals surface area contributed by atoms with Crippen LogP contribution in [0.2, 0.25) is 0 Å². The molecule has 1 unspecified atom stereocenters. The van der Waals surface area contributed by atoms with E-state index in [0.29, 0.717) is 23.8 Å². The summed E-state index contributed by atoms with van der Waals surface area (Å²) >= 11 is 0. The number of anilines is 1. The maximum Gasteiger partial charge on any atom is 0.190 e. The van der Waals surface area contributed by atoms with Gasteiger partial charge in [0.1, 0.15) is 17.5 Å². The number of nitrogens with two attached hydrogens (primary N) is 1. The van der Waals surface area contributed by atoms with Gasteiger partial charge in [0.05, 0.1) is 11.4 Å². The van der Waals surface area contributed by atoms with Crippen molar-refractivity contribution in [1.82, 2.24) is 25.3 Å². The highest BCUT2D eigenvalue weighted by atomic mass is 15.3. The van der Waals surface area contributed by atoms with Gasteiger partial charge in [0, 0.05) is 32.7 Å². The third-order valence-electron chi connectivity index (χ3n) is 6.07. The van der Waals surface area contributed by atoms with Crippen LogP contribution >= 0.6 is 0 Å². The van der Waals surface area contributed by atoms with Crippen LogP contribution in [-0.2, 0) is 6.42 Å². The van der Waals surface area contributed by atoms with Gasteiger partial charge in [-0.3, -0.25) is 4.99 Å². The number of hydrogen-bond donors (Lipinski definition) is 3. The van der Waals surface area contributed by atoms with Gasteiger partial charge in [0.15, 0.2) is 5.96 Å². The van der Waals surface area contributed by atoms with E-state index < -0.39 is 0 Å². The molecule has 0 aliphatic carbocycles. The van der Waals surface area contributed by atoms with Crippen molar-refractivity contribution in [3.8, 4) is 11.8 Å². The Morgan fingerprint density at radius 3 is 2.66 bits per heavy atom. The maximum atomic E-state index is 9.54. The molecule has 0 radical (unpaired) electrons. The first-order valence-corrected chi connectivity index (χ1v) is 11.7. The molecule has 8 nitrogen and oxygen atoms in total. The Kier molecular flexibility index (Phi) is 8.93. The van der Waals surface area contributed by atoms with Crippen molar-refractivity contribution >= 4 is 11.8 Å². The third-order valence-corrected chi connectivity index (χ3v) is 6.07. The van der Waals surface area contributed by atoms with Gasteiger partial charge in [0.2, 0.25) is 0 Å². The predicted molar refractivity (Wildman–Crippen MR) is 130 cm³/mol. The minimum Gasteiger partial charge on any atom is -0.382 e. The van der Waals surface area contributed by atoms with E-state index in [2.05, 4.69) is 38.6 Å². The molecular weight excluding hydrogens is 400 g/mol. The number of hydrogen-bond acceptors (Lipinski definition) is 5. The van der Waals surface area contributed by atoms with Crippen molar-refractivity contribution in [1.29, 1.82) is 5.26 Å². The second-order valence-electron chi connectivity index (χ2n) is 8.33. The van der Waals surface area contributed by atoms with Crippen LogP contribution in [0.25, 0.3) is 5.69 Å². The number of aryl methyl sites for hydroxylation is 1. The van der Waals surface area contributed by atoms with Gasteiger partial charge < -0.3 is 21.3 Å². The molecule has 0 spiro atoms. The molecule has 4 N–H and O–H groups in total. The monoisotopic (exact) mass is 436 g/mol. The highest BCUT2D eigenvalue weighted by Gasteiger charge is 2.17. The molecule has 3 rings (SSSR count). The molecular formula is C24H36N8. The Hall–Kier alpha value is -3.05. The van der Waals surface area contributed by atoms with Gasteiger partial charge in [-0.25, -0.2) is 4.68 Å². The molecule has 0 bridgehead atoms. The summed E-state index contributed by atoms with van der Waals surface area (Å²) in [6.07, 6.45) is 6.60. The number of nitrogen functional groups attached to an aromatic ring is 1. The van der Waals surface area contributed by atoms with Crippen molar-refractivity contribution in [2.45, 2.75) is 51.5 Å². The van der Waals surface area contributed by atoms with E-state index in [1.807, 2.05) is 30.3 Å². The highest BCUT2D eigenvalue weighted by molar-refractivity contribution is 5.79. The van der Waals surface area contributed by atoms with Crippen molar-refractivity contribution in [3.05, 3.63) is 41.6 Å². The minimum atomic E-state index is 0.391. The average molecular weight is 437 g/mol. The Morgan fingerprint density at radius 2 is 1.97 bits per heavy atom.